The summed E-state index contributed by atoms with van der Waals surface area (Å²) in [6, 6.07) is 4.11. The van der Waals surface area contributed by atoms with Crippen LogP contribution in [0, 0.1) is 0 Å². The van der Waals surface area contributed by atoms with Gasteiger partial charge in [0.25, 0.3) is 0 Å². The van der Waals surface area contributed by atoms with Gasteiger partial charge in [-0.25, -0.2) is 0 Å². The Balaban J connectivity index is 3.18. The van der Waals surface area contributed by atoms with Crippen LogP contribution in [0.25, 0.3) is 0 Å². The predicted octanol–water partition coefficient (Wildman–Crippen LogP) is 4.25. The van der Waals surface area contributed by atoms with Gasteiger partial charge in [-0.05, 0) is 17.7 Å². The molecule has 0 atom stereocenters. The Morgan fingerprint density at radius 1 is 1.15 bits per heavy atom. The summed E-state index contributed by atoms with van der Waals surface area (Å²) in [6.45, 7) is 0. The summed E-state index contributed by atoms with van der Waals surface area (Å²) in [6.07, 6.45) is 0. The summed E-state index contributed by atoms with van der Waals surface area (Å²) in [7, 11) is 1.69. The molecule has 13 heavy (non-hydrogen) atoms. The second kappa shape index (κ2) is 5.37. The molecular formula is C9H9Br3O. The van der Waals surface area contributed by atoms with Crippen LogP contribution < -0.4 is 4.74 Å². The van der Waals surface area contributed by atoms with Crippen LogP contribution in [-0.2, 0) is 10.7 Å². The van der Waals surface area contributed by atoms with E-state index in [1.165, 1.54) is 5.56 Å². The molecule has 0 aliphatic rings. The zero-order chi connectivity index (χ0) is 9.84. The summed E-state index contributed by atoms with van der Waals surface area (Å²) in [5.41, 5.74) is 2.35. The first-order valence-electron chi connectivity index (χ1n) is 3.70. The minimum Gasteiger partial charge on any atom is -0.496 e. The SMILES string of the molecule is COc1cc(CBr)c(Br)cc1CBr. The highest BCUT2D eigenvalue weighted by Crippen LogP contribution is 2.30. The van der Waals surface area contributed by atoms with Crippen molar-refractivity contribution >= 4 is 47.8 Å². The van der Waals surface area contributed by atoms with Crippen LogP contribution in [0.15, 0.2) is 16.6 Å². The molecular weight excluding hydrogens is 364 g/mol. The fourth-order valence-corrected chi connectivity index (χ4v) is 2.84. The number of hydrogen-bond acceptors (Lipinski definition) is 1. The van der Waals surface area contributed by atoms with E-state index in [1.54, 1.807) is 7.11 Å². The van der Waals surface area contributed by atoms with Crippen molar-refractivity contribution in [3.8, 4) is 5.75 Å². The quantitative estimate of drug-likeness (QED) is 0.721. The molecule has 0 heterocycles. The maximum atomic E-state index is 5.26. The van der Waals surface area contributed by atoms with Gasteiger partial charge in [-0.1, -0.05) is 47.8 Å². The number of ether oxygens (including phenoxy) is 1. The lowest BCUT2D eigenvalue weighted by Gasteiger charge is -2.09. The summed E-state index contributed by atoms with van der Waals surface area (Å²) < 4.78 is 6.37. The van der Waals surface area contributed by atoms with Crippen LogP contribution >= 0.6 is 47.8 Å². The van der Waals surface area contributed by atoms with Crippen LogP contribution in [0.4, 0.5) is 0 Å². The van der Waals surface area contributed by atoms with E-state index in [2.05, 4.69) is 53.9 Å². The first-order valence-corrected chi connectivity index (χ1v) is 6.73. The molecule has 4 heteroatoms. The molecule has 0 saturated heterocycles. The molecule has 0 amide bonds. The number of alkyl halides is 2. The molecule has 1 nitrogen and oxygen atoms in total. The number of hydrogen-bond donors (Lipinski definition) is 0. The molecule has 72 valence electrons. The van der Waals surface area contributed by atoms with Gasteiger partial charge in [-0.15, -0.1) is 0 Å². The van der Waals surface area contributed by atoms with Crippen molar-refractivity contribution in [3.63, 3.8) is 0 Å². The van der Waals surface area contributed by atoms with E-state index in [0.717, 1.165) is 26.4 Å². The van der Waals surface area contributed by atoms with Crippen molar-refractivity contribution < 1.29 is 4.74 Å². The summed E-state index contributed by atoms with van der Waals surface area (Å²) in [5, 5.41) is 1.63. The molecule has 1 aromatic rings. The van der Waals surface area contributed by atoms with E-state index in [1.807, 2.05) is 6.07 Å². The van der Waals surface area contributed by atoms with Crippen molar-refractivity contribution in [2.45, 2.75) is 10.7 Å². The Morgan fingerprint density at radius 2 is 1.77 bits per heavy atom. The van der Waals surface area contributed by atoms with E-state index in [0.29, 0.717) is 0 Å². The molecule has 0 fully saturated rings. The third-order valence-corrected chi connectivity index (χ3v) is 3.68. The lowest BCUT2D eigenvalue weighted by Crippen LogP contribution is -1.92. The Morgan fingerprint density at radius 3 is 2.23 bits per heavy atom. The molecule has 0 spiro atoms. The first kappa shape index (κ1) is 11.5. The molecule has 0 bridgehead atoms. The van der Waals surface area contributed by atoms with E-state index in [4.69, 9.17) is 4.74 Å². The minimum absolute atomic E-state index is 0.803. The van der Waals surface area contributed by atoms with Gasteiger partial charge < -0.3 is 4.74 Å². The van der Waals surface area contributed by atoms with Crippen molar-refractivity contribution in [2.75, 3.05) is 7.11 Å². The van der Waals surface area contributed by atoms with Crippen LogP contribution in [0.3, 0.4) is 0 Å². The smallest absolute Gasteiger partial charge is 0.123 e. The normalized spacial score (nSPS) is 10.2. The Labute approximate surface area is 103 Å². The van der Waals surface area contributed by atoms with Crippen molar-refractivity contribution in [1.82, 2.24) is 0 Å². The topological polar surface area (TPSA) is 9.23 Å². The fraction of sp³-hybridized carbons (Fsp3) is 0.333. The fourth-order valence-electron chi connectivity index (χ4n) is 1.03. The highest BCUT2D eigenvalue weighted by molar-refractivity contribution is 9.10. The second-order valence-electron chi connectivity index (χ2n) is 2.52. The lowest BCUT2D eigenvalue weighted by molar-refractivity contribution is 0.411. The zero-order valence-electron chi connectivity index (χ0n) is 7.11. The molecule has 0 N–H and O–H groups in total. The van der Waals surface area contributed by atoms with Crippen molar-refractivity contribution in [1.29, 1.82) is 0 Å². The maximum absolute atomic E-state index is 5.26. The van der Waals surface area contributed by atoms with Gasteiger partial charge in [0.15, 0.2) is 0 Å². The zero-order valence-corrected chi connectivity index (χ0v) is 11.9. The third kappa shape index (κ3) is 2.70. The Bertz CT molecular complexity index is 299. The number of methoxy groups -OCH3 is 1. The standard InChI is InChI=1S/C9H9Br3O/c1-13-9-3-6(4-10)8(12)2-7(9)5-11/h2-3H,4-5H2,1H3. The number of halogens is 3. The molecule has 1 aromatic carbocycles. The molecule has 0 unspecified atom stereocenters. The average molecular weight is 373 g/mol. The lowest BCUT2D eigenvalue weighted by atomic mass is 10.1. The second-order valence-corrected chi connectivity index (χ2v) is 4.50. The van der Waals surface area contributed by atoms with Gasteiger partial charge in [-0.2, -0.15) is 0 Å². The van der Waals surface area contributed by atoms with Gasteiger partial charge in [-0.3, -0.25) is 0 Å². The summed E-state index contributed by atoms with van der Waals surface area (Å²) >= 11 is 10.3. The van der Waals surface area contributed by atoms with Gasteiger partial charge in [0, 0.05) is 20.7 Å². The Kier molecular flexibility index (Phi) is 4.76. The van der Waals surface area contributed by atoms with Crippen LogP contribution in [0.5, 0.6) is 5.75 Å². The highest BCUT2D eigenvalue weighted by Gasteiger charge is 2.06. The molecule has 0 aliphatic heterocycles. The third-order valence-electron chi connectivity index (χ3n) is 1.74. The van der Waals surface area contributed by atoms with Crippen molar-refractivity contribution in [2.24, 2.45) is 0 Å². The van der Waals surface area contributed by atoms with E-state index >= 15 is 0 Å². The monoisotopic (exact) mass is 370 g/mol. The minimum atomic E-state index is 0.803. The average Bonchev–Trinajstić information content (AvgIpc) is 2.17. The number of benzene rings is 1. The molecule has 0 aromatic heterocycles. The van der Waals surface area contributed by atoms with Crippen LogP contribution in [0.2, 0.25) is 0 Å². The molecule has 0 aliphatic carbocycles. The molecule has 1 rings (SSSR count). The summed E-state index contributed by atoms with van der Waals surface area (Å²) in [5.74, 6) is 0.925. The summed E-state index contributed by atoms with van der Waals surface area (Å²) in [4.78, 5) is 0. The van der Waals surface area contributed by atoms with E-state index in [9.17, 15) is 0 Å². The first-order chi connectivity index (χ1) is 6.22. The maximum Gasteiger partial charge on any atom is 0.123 e. The number of rotatable bonds is 3. The van der Waals surface area contributed by atoms with E-state index < -0.39 is 0 Å². The van der Waals surface area contributed by atoms with Gasteiger partial charge in [0.2, 0.25) is 0 Å². The largest absolute Gasteiger partial charge is 0.496 e. The van der Waals surface area contributed by atoms with Crippen molar-refractivity contribution in [3.05, 3.63) is 27.7 Å². The van der Waals surface area contributed by atoms with Crippen LogP contribution in [-0.4, -0.2) is 7.11 Å². The molecule has 0 radical (unpaired) electrons. The van der Waals surface area contributed by atoms with Crippen LogP contribution in [0.1, 0.15) is 11.1 Å². The van der Waals surface area contributed by atoms with Gasteiger partial charge >= 0.3 is 0 Å². The molecule has 0 saturated carbocycles. The highest BCUT2D eigenvalue weighted by atomic mass is 79.9. The van der Waals surface area contributed by atoms with Gasteiger partial charge in [0.05, 0.1) is 7.11 Å². The van der Waals surface area contributed by atoms with E-state index in [-0.39, 0.29) is 0 Å². The Hall–Kier alpha value is 0.460. The van der Waals surface area contributed by atoms with Gasteiger partial charge in [0.1, 0.15) is 5.75 Å². The predicted molar refractivity (Wildman–Crippen MR) is 66.0 cm³/mol.